The Morgan fingerprint density at radius 2 is 2.00 bits per heavy atom. The van der Waals surface area contributed by atoms with Crippen molar-refractivity contribution in [2.75, 3.05) is 6.54 Å². The number of amides is 2. The first-order valence-corrected chi connectivity index (χ1v) is 7.60. The lowest BCUT2D eigenvalue weighted by molar-refractivity contribution is -0.133. The van der Waals surface area contributed by atoms with Crippen molar-refractivity contribution in [3.8, 4) is 5.75 Å². The Morgan fingerprint density at radius 3 is 2.75 bits per heavy atom. The molecule has 3 rings (SSSR count). The largest absolute Gasteiger partial charge is 0.508 e. The second kappa shape index (κ2) is 6.95. The molecule has 1 fully saturated rings. The summed E-state index contributed by atoms with van der Waals surface area (Å²) in [7, 11) is 0. The summed E-state index contributed by atoms with van der Waals surface area (Å²) in [5.41, 5.74) is 3.99. The normalized spacial score (nSPS) is 20.1. The van der Waals surface area contributed by atoms with Crippen LogP contribution in [0, 0.1) is 5.92 Å². The fourth-order valence-corrected chi connectivity index (χ4v) is 2.78. The lowest BCUT2D eigenvalue weighted by atomic mass is 9.88. The molecule has 1 aliphatic rings. The van der Waals surface area contributed by atoms with E-state index >= 15 is 0 Å². The molecule has 2 aromatic rings. The molecule has 6 nitrogen and oxygen atoms in total. The Hall–Kier alpha value is -3.15. The summed E-state index contributed by atoms with van der Waals surface area (Å²) in [4.78, 5) is 24.4. The van der Waals surface area contributed by atoms with E-state index in [1.165, 1.54) is 12.3 Å². The number of nitrogens with one attached hydrogen (secondary N) is 2. The number of hydrogen-bond donors (Lipinski definition) is 3. The maximum atomic E-state index is 12.4. The van der Waals surface area contributed by atoms with Gasteiger partial charge in [-0.05, 0) is 23.3 Å². The highest BCUT2D eigenvalue weighted by molar-refractivity contribution is 6.03. The Balaban J connectivity index is 1.70. The van der Waals surface area contributed by atoms with E-state index in [2.05, 4.69) is 15.8 Å². The van der Waals surface area contributed by atoms with E-state index in [4.69, 9.17) is 0 Å². The number of phenolic OH excluding ortho intramolecular Hbond substituents is 1. The van der Waals surface area contributed by atoms with Crippen LogP contribution in [-0.4, -0.2) is 29.7 Å². The maximum Gasteiger partial charge on any atom is 0.253 e. The molecular weight excluding hydrogens is 306 g/mol. The third kappa shape index (κ3) is 3.43. The van der Waals surface area contributed by atoms with Crippen LogP contribution in [0.15, 0.2) is 59.7 Å². The van der Waals surface area contributed by atoms with Crippen molar-refractivity contribution >= 4 is 18.0 Å². The van der Waals surface area contributed by atoms with Gasteiger partial charge in [0, 0.05) is 12.5 Å². The van der Waals surface area contributed by atoms with Gasteiger partial charge >= 0.3 is 0 Å². The Morgan fingerprint density at radius 1 is 1.21 bits per heavy atom. The van der Waals surface area contributed by atoms with Gasteiger partial charge in [-0.15, -0.1) is 0 Å². The van der Waals surface area contributed by atoms with Crippen molar-refractivity contribution in [3.63, 3.8) is 0 Å². The summed E-state index contributed by atoms with van der Waals surface area (Å²) in [5, 5.41) is 16.0. The van der Waals surface area contributed by atoms with E-state index in [1.54, 1.807) is 18.2 Å². The molecule has 0 radical (unpaired) electrons. The standard InChI is InChI=1S/C18H17N3O3/c22-14-8-4-5-12(9-14)10-20-21-18(24)16-15(11-19-17(16)23)13-6-2-1-3-7-13/h1-10,15-16,22H,11H2,(H,19,23)(H,21,24)/t15-,16-/m0/s1. The van der Waals surface area contributed by atoms with Gasteiger partial charge in [0.1, 0.15) is 11.7 Å². The van der Waals surface area contributed by atoms with Gasteiger partial charge in [0.05, 0.1) is 6.21 Å². The topological polar surface area (TPSA) is 90.8 Å². The highest BCUT2D eigenvalue weighted by Crippen LogP contribution is 2.28. The number of hydrazone groups is 1. The van der Waals surface area contributed by atoms with E-state index in [0.29, 0.717) is 12.1 Å². The minimum absolute atomic E-state index is 0.115. The second-order valence-corrected chi connectivity index (χ2v) is 5.57. The molecule has 2 amide bonds. The average molecular weight is 323 g/mol. The van der Waals surface area contributed by atoms with Crippen LogP contribution in [-0.2, 0) is 9.59 Å². The molecule has 24 heavy (non-hydrogen) atoms. The Labute approximate surface area is 139 Å². The van der Waals surface area contributed by atoms with Gasteiger partial charge < -0.3 is 10.4 Å². The van der Waals surface area contributed by atoms with Crippen molar-refractivity contribution in [2.45, 2.75) is 5.92 Å². The zero-order chi connectivity index (χ0) is 16.9. The number of carbonyl (C=O) groups is 2. The fourth-order valence-electron chi connectivity index (χ4n) is 2.78. The van der Waals surface area contributed by atoms with Crippen LogP contribution >= 0.6 is 0 Å². The van der Waals surface area contributed by atoms with Crippen molar-refractivity contribution in [3.05, 3.63) is 65.7 Å². The number of nitrogens with zero attached hydrogens (tertiary/aromatic N) is 1. The van der Waals surface area contributed by atoms with Gasteiger partial charge in [-0.3, -0.25) is 9.59 Å². The van der Waals surface area contributed by atoms with Crippen LogP contribution in [0.4, 0.5) is 0 Å². The van der Waals surface area contributed by atoms with Crippen LogP contribution in [0.1, 0.15) is 17.0 Å². The summed E-state index contributed by atoms with van der Waals surface area (Å²) in [5.74, 6) is -1.66. The molecule has 2 atom stereocenters. The number of phenols is 1. The van der Waals surface area contributed by atoms with Gasteiger partial charge in [0.25, 0.3) is 5.91 Å². The molecule has 6 heteroatoms. The van der Waals surface area contributed by atoms with Crippen molar-refractivity contribution in [1.82, 2.24) is 10.7 Å². The molecule has 0 aliphatic carbocycles. The van der Waals surface area contributed by atoms with Crippen LogP contribution in [0.2, 0.25) is 0 Å². The smallest absolute Gasteiger partial charge is 0.253 e. The highest BCUT2D eigenvalue weighted by Gasteiger charge is 2.40. The van der Waals surface area contributed by atoms with Crippen LogP contribution in [0.5, 0.6) is 5.75 Å². The summed E-state index contributed by atoms with van der Waals surface area (Å²) in [6, 6.07) is 15.9. The van der Waals surface area contributed by atoms with Crippen molar-refractivity contribution in [2.24, 2.45) is 11.0 Å². The number of hydrogen-bond acceptors (Lipinski definition) is 4. The first-order valence-electron chi connectivity index (χ1n) is 7.60. The van der Waals surface area contributed by atoms with Gasteiger partial charge in [0.2, 0.25) is 5.91 Å². The van der Waals surface area contributed by atoms with Gasteiger partial charge in [-0.25, -0.2) is 5.43 Å². The van der Waals surface area contributed by atoms with Crippen LogP contribution in [0.3, 0.4) is 0 Å². The van der Waals surface area contributed by atoms with Gasteiger partial charge in [0.15, 0.2) is 0 Å². The number of aromatic hydroxyl groups is 1. The predicted molar refractivity (Wildman–Crippen MR) is 89.5 cm³/mol. The molecule has 1 aliphatic heterocycles. The Kier molecular flexibility index (Phi) is 4.56. The first-order chi connectivity index (χ1) is 11.6. The zero-order valence-corrected chi connectivity index (χ0v) is 12.8. The van der Waals surface area contributed by atoms with E-state index in [0.717, 1.165) is 5.56 Å². The molecule has 0 saturated carbocycles. The minimum Gasteiger partial charge on any atom is -0.508 e. The molecule has 0 aromatic heterocycles. The van der Waals surface area contributed by atoms with Crippen LogP contribution in [0.25, 0.3) is 0 Å². The minimum atomic E-state index is -0.811. The van der Waals surface area contributed by atoms with E-state index in [9.17, 15) is 14.7 Å². The molecule has 122 valence electrons. The SMILES string of the molecule is O=C1NC[C@@H](c2ccccc2)[C@@H]1C(=O)NN=Cc1cccc(O)c1. The lowest BCUT2D eigenvalue weighted by Gasteiger charge is -2.15. The summed E-state index contributed by atoms with van der Waals surface area (Å²) in [6.45, 7) is 0.428. The summed E-state index contributed by atoms with van der Waals surface area (Å²) < 4.78 is 0. The molecule has 1 saturated heterocycles. The van der Waals surface area contributed by atoms with E-state index in [-0.39, 0.29) is 17.6 Å². The summed E-state index contributed by atoms with van der Waals surface area (Å²) >= 11 is 0. The number of rotatable bonds is 4. The third-order valence-corrected chi connectivity index (χ3v) is 3.95. The molecule has 3 N–H and O–H groups in total. The molecule has 2 aromatic carbocycles. The van der Waals surface area contributed by atoms with E-state index in [1.807, 2.05) is 30.3 Å². The van der Waals surface area contributed by atoms with Crippen LogP contribution < -0.4 is 10.7 Å². The highest BCUT2D eigenvalue weighted by atomic mass is 16.3. The molecular formula is C18H17N3O3. The van der Waals surface area contributed by atoms with Gasteiger partial charge in [-0.1, -0.05) is 42.5 Å². The van der Waals surface area contributed by atoms with Crippen molar-refractivity contribution < 1.29 is 14.7 Å². The Bertz CT molecular complexity index is 774. The maximum absolute atomic E-state index is 12.4. The average Bonchev–Trinajstić information content (AvgIpc) is 2.97. The zero-order valence-electron chi connectivity index (χ0n) is 12.8. The quantitative estimate of drug-likeness (QED) is 0.451. The molecule has 1 heterocycles. The van der Waals surface area contributed by atoms with Gasteiger partial charge in [-0.2, -0.15) is 5.10 Å². The van der Waals surface area contributed by atoms with E-state index < -0.39 is 11.8 Å². The molecule has 0 spiro atoms. The monoisotopic (exact) mass is 323 g/mol. The second-order valence-electron chi connectivity index (χ2n) is 5.57. The molecule has 0 bridgehead atoms. The summed E-state index contributed by atoms with van der Waals surface area (Å²) in [6.07, 6.45) is 1.42. The molecule has 0 unspecified atom stereocenters. The third-order valence-electron chi connectivity index (χ3n) is 3.95. The predicted octanol–water partition coefficient (Wildman–Crippen LogP) is 1.37. The number of benzene rings is 2. The van der Waals surface area contributed by atoms with Crippen molar-refractivity contribution in [1.29, 1.82) is 0 Å². The lowest BCUT2D eigenvalue weighted by Crippen LogP contribution is -2.34. The first kappa shape index (κ1) is 15.7. The fraction of sp³-hybridized carbons (Fsp3) is 0.167. The number of carbonyl (C=O) groups excluding carboxylic acids is 2.